The lowest BCUT2D eigenvalue weighted by atomic mass is 10.1. The van der Waals surface area contributed by atoms with Gasteiger partial charge in [0.2, 0.25) is 15.0 Å². The molecule has 0 amide bonds. The second-order valence-electron chi connectivity index (χ2n) is 7.16. The summed E-state index contributed by atoms with van der Waals surface area (Å²) in [6.45, 7) is 5.05. The van der Waals surface area contributed by atoms with Crippen molar-refractivity contribution in [3.8, 4) is 0 Å². The van der Waals surface area contributed by atoms with Gasteiger partial charge in [0.1, 0.15) is 0 Å². The van der Waals surface area contributed by atoms with E-state index in [1.165, 1.54) is 0 Å². The van der Waals surface area contributed by atoms with Crippen molar-refractivity contribution in [1.29, 1.82) is 0 Å². The fraction of sp³-hybridized carbons (Fsp3) is 0.400. The predicted molar refractivity (Wildman–Crippen MR) is 106 cm³/mol. The minimum absolute atomic E-state index is 0.140. The molecule has 0 aliphatic rings. The Kier molecular flexibility index (Phi) is 6.31. The molecule has 8 heteroatoms. The largest absolute Gasteiger partial charge is 0.360 e. The maximum absolute atomic E-state index is 12.8. The first-order valence-electron chi connectivity index (χ1n) is 9.28. The van der Waals surface area contributed by atoms with Crippen LogP contribution in [0.2, 0.25) is 0 Å². The zero-order valence-corrected chi connectivity index (χ0v) is 17.3. The van der Waals surface area contributed by atoms with Crippen LogP contribution in [0.25, 0.3) is 0 Å². The molecule has 0 spiro atoms. The lowest BCUT2D eigenvalue weighted by Gasteiger charge is -2.18. The molecule has 7 nitrogen and oxygen atoms in total. The molecular formula is C20H26N4O3S. The first-order valence-corrected chi connectivity index (χ1v) is 10.8. The topological polar surface area (TPSA) is 81.2 Å². The lowest BCUT2D eigenvalue weighted by molar-refractivity contribution is 0.260. The van der Waals surface area contributed by atoms with Crippen LogP contribution >= 0.6 is 0 Å². The van der Waals surface area contributed by atoms with Crippen LogP contribution in [0.4, 0.5) is 0 Å². The molecule has 0 fully saturated rings. The van der Waals surface area contributed by atoms with E-state index < -0.39 is 15.1 Å². The van der Waals surface area contributed by atoms with Gasteiger partial charge in [-0.3, -0.25) is 4.90 Å². The van der Waals surface area contributed by atoms with Crippen LogP contribution in [0.5, 0.6) is 0 Å². The van der Waals surface area contributed by atoms with Gasteiger partial charge in [0.05, 0.1) is 29.9 Å². The second kappa shape index (κ2) is 8.70. The fourth-order valence-electron chi connectivity index (χ4n) is 3.00. The van der Waals surface area contributed by atoms with E-state index >= 15 is 0 Å². The highest BCUT2D eigenvalue weighted by Crippen LogP contribution is 2.19. The van der Waals surface area contributed by atoms with Crippen LogP contribution in [-0.4, -0.2) is 40.3 Å². The van der Waals surface area contributed by atoms with Crippen molar-refractivity contribution in [3.63, 3.8) is 0 Å². The summed E-state index contributed by atoms with van der Waals surface area (Å²) in [6, 6.07) is 11.9. The van der Waals surface area contributed by atoms with Gasteiger partial charge < -0.3 is 9.09 Å². The molecule has 1 aromatic carbocycles. The molecule has 2 heterocycles. The molecular weight excluding hydrogens is 376 g/mol. The van der Waals surface area contributed by atoms with E-state index in [2.05, 4.69) is 10.1 Å². The smallest absolute Gasteiger partial charge is 0.228 e. The number of aryl methyl sites for hydroxylation is 1. The van der Waals surface area contributed by atoms with E-state index in [4.69, 9.17) is 4.52 Å². The van der Waals surface area contributed by atoms with Crippen LogP contribution in [0.1, 0.15) is 30.9 Å². The van der Waals surface area contributed by atoms with Gasteiger partial charge in [0.15, 0.2) is 5.76 Å². The molecule has 3 aromatic rings. The van der Waals surface area contributed by atoms with E-state index in [0.29, 0.717) is 19.6 Å². The molecule has 0 unspecified atom stereocenters. The molecule has 0 N–H and O–H groups in total. The molecule has 0 saturated heterocycles. The number of sulfone groups is 1. The molecule has 150 valence electrons. The summed E-state index contributed by atoms with van der Waals surface area (Å²) in [5.41, 5.74) is 2.02. The van der Waals surface area contributed by atoms with Gasteiger partial charge in [-0.05, 0) is 32.9 Å². The van der Waals surface area contributed by atoms with E-state index in [-0.39, 0.29) is 5.16 Å². The van der Waals surface area contributed by atoms with Crippen LogP contribution in [-0.2, 0) is 35.9 Å². The first-order chi connectivity index (χ1) is 13.4. The van der Waals surface area contributed by atoms with E-state index in [9.17, 15) is 8.42 Å². The average Bonchev–Trinajstić information content (AvgIpc) is 3.31. The van der Waals surface area contributed by atoms with Gasteiger partial charge >= 0.3 is 0 Å². The zero-order valence-electron chi connectivity index (χ0n) is 16.4. The summed E-state index contributed by atoms with van der Waals surface area (Å²) in [4.78, 5) is 6.33. The number of aromatic nitrogens is 3. The molecule has 2 aromatic heterocycles. The van der Waals surface area contributed by atoms with Crippen LogP contribution < -0.4 is 0 Å². The number of imidazole rings is 1. The van der Waals surface area contributed by atoms with Gasteiger partial charge in [-0.2, -0.15) is 0 Å². The molecule has 0 radical (unpaired) electrons. The number of hydrogen-bond acceptors (Lipinski definition) is 6. The van der Waals surface area contributed by atoms with Gasteiger partial charge in [-0.1, -0.05) is 35.5 Å². The van der Waals surface area contributed by atoms with Crippen molar-refractivity contribution in [2.45, 2.75) is 50.3 Å². The Balaban J connectivity index is 1.85. The Morgan fingerprint density at radius 1 is 1.14 bits per heavy atom. The Morgan fingerprint density at radius 2 is 1.89 bits per heavy atom. The van der Waals surface area contributed by atoms with Gasteiger partial charge in [0.25, 0.3) is 0 Å². The Morgan fingerprint density at radius 3 is 2.54 bits per heavy atom. The summed E-state index contributed by atoms with van der Waals surface area (Å²) < 4.78 is 32.6. The number of rotatable bonds is 9. The molecule has 3 rings (SSSR count). The van der Waals surface area contributed by atoms with Crippen molar-refractivity contribution in [2.75, 3.05) is 7.05 Å². The predicted octanol–water partition coefficient (Wildman–Crippen LogP) is 2.93. The minimum Gasteiger partial charge on any atom is -0.360 e. The van der Waals surface area contributed by atoms with Gasteiger partial charge in [-0.15, -0.1) is 0 Å². The summed E-state index contributed by atoms with van der Waals surface area (Å²) >= 11 is 0. The normalized spacial score (nSPS) is 12.2. The molecule has 28 heavy (non-hydrogen) atoms. The Bertz CT molecular complexity index is 980. The van der Waals surface area contributed by atoms with Crippen molar-refractivity contribution in [3.05, 3.63) is 65.8 Å². The van der Waals surface area contributed by atoms with Crippen molar-refractivity contribution in [1.82, 2.24) is 19.6 Å². The summed E-state index contributed by atoms with van der Waals surface area (Å²) in [5.74, 6) is 0.757. The molecule has 0 aliphatic heterocycles. The van der Waals surface area contributed by atoms with Gasteiger partial charge in [0, 0.05) is 19.2 Å². The van der Waals surface area contributed by atoms with Crippen molar-refractivity contribution in [2.24, 2.45) is 0 Å². The average molecular weight is 403 g/mol. The van der Waals surface area contributed by atoms with Crippen LogP contribution in [0.15, 0.2) is 58.5 Å². The monoisotopic (exact) mass is 402 g/mol. The molecule has 0 saturated carbocycles. The van der Waals surface area contributed by atoms with Crippen LogP contribution in [0.3, 0.4) is 0 Å². The Labute approximate surface area is 165 Å². The maximum atomic E-state index is 12.8. The van der Waals surface area contributed by atoms with Crippen molar-refractivity contribution < 1.29 is 12.9 Å². The highest BCUT2D eigenvalue weighted by Gasteiger charge is 2.27. The minimum atomic E-state index is -3.47. The Hall–Kier alpha value is -2.45. The highest BCUT2D eigenvalue weighted by atomic mass is 32.2. The van der Waals surface area contributed by atoms with Crippen molar-refractivity contribution >= 4 is 9.84 Å². The highest BCUT2D eigenvalue weighted by molar-refractivity contribution is 7.91. The SMILES string of the molecule is CC(C)S(=O)(=O)c1ncc(CN(C)Cc2ccno2)n1CCc1ccccc1. The maximum Gasteiger partial charge on any atom is 0.228 e. The fourth-order valence-corrected chi connectivity index (χ4v) is 4.14. The van der Waals surface area contributed by atoms with E-state index in [1.54, 1.807) is 26.2 Å². The summed E-state index contributed by atoms with van der Waals surface area (Å²) in [7, 11) is -1.52. The third-order valence-electron chi connectivity index (χ3n) is 4.59. The molecule has 0 bridgehead atoms. The standard InChI is InChI=1S/C20H26N4O3S/c1-16(2)28(25,26)20-21-13-18(14-23(3)15-19-9-11-22-27-19)24(20)12-10-17-7-5-4-6-8-17/h4-9,11,13,16H,10,12,14-15H2,1-3H3. The number of benzene rings is 1. The quantitative estimate of drug-likeness (QED) is 0.547. The summed E-state index contributed by atoms with van der Waals surface area (Å²) in [6.07, 6.45) is 4.01. The number of hydrogen-bond donors (Lipinski definition) is 0. The number of nitrogens with zero attached hydrogens (tertiary/aromatic N) is 4. The third kappa shape index (κ3) is 4.69. The van der Waals surface area contributed by atoms with E-state index in [1.807, 2.05) is 52.9 Å². The van der Waals surface area contributed by atoms with Crippen LogP contribution in [0, 0.1) is 0 Å². The zero-order chi connectivity index (χ0) is 20.1. The lowest BCUT2D eigenvalue weighted by Crippen LogP contribution is -2.23. The third-order valence-corrected chi connectivity index (χ3v) is 6.67. The molecule has 0 aliphatic carbocycles. The first kappa shape index (κ1) is 20.3. The van der Waals surface area contributed by atoms with Gasteiger partial charge in [-0.25, -0.2) is 13.4 Å². The molecule has 0 atom stereocenters. The van der Waals surface area contributed by atoms with E-state index in [0.717, 1.165) is 23.4 Å². The summed E-state index contributed by atoms with van der Waals surface area (Å²) in [5, 5.41) is 3.34. The second-order valence-corrected chi connectivity index (χ2v) is 9.56.